The van der Waals surface area contributed by atoms with Crippen molar-refractivity contribution in [1.29, 1.82) is 0 Å². The van der Waals surface area contributed by atoms with Gasteiger partial charge in [-0.1, -0.05) is 12.1 Å². The van der Waals surface area contributed by atoms with Crippen molar-refractivity contribution in [2.24, 2.45) is 0 Å². The summed E-state index contributed by atoms with van der Waals surface area (Å²) in [6.45, 7) is 3.80. The number of rotatable bonds is 5. The molecule has 8 heteroatoms. The molecule has 8 nitrogen and oxygen atoms in total. The lowest BCUT2D eigenvalue weighted by Crippen LogP contribution is -2.37. The summed E-state index contributed by atoms with van der Waals surface area (Å²) < 4.78 is 8.15. The standard InChI is InChI=1S/C23H24N4O4/c28-23(25-11-1-2-12-25)21-10-9-19(31-21)16-26-15-14-24-13-3-4-20(24)22(26)17-5-7-18(8-6-17)27(29)30/h3-10,13,22H,1-2,11-12,14-16H2. The van der Waals surface area contributed by atoms with Crippen LogP contribution in [-0.2, 0) is 13.1 Å². The topological polar surface area (TPSA) is 84.8 Å². The van der Waals surface area contributed by atoms with Crippen LogP contribution in [0, 0.1) is 10.1 Å². The summed E-state index contributed by atoms with van der Waals surface area (Å²) in [5, 5.41) is 11.1. The monoisotopic (exact) mass is 420 g/mol. The largest absolute Gasteiger partial charge is 0.455 e. The summed E-state index contributed by atoms with van der Waals surface area (Å²) in [5.41, 5.74) is 2.21. The number of nitro benzene ring substituents is 1. The molecule has 3 aromatic rings. The zero-order chi connectivity index (χ0) is 21.4. The number of aromatic nitrogens is 1. The molecule has 1 aromatic carbocycles. The molecule has 1 fully saturated rings. The van der Waals surface area contributed by atoms with Gasteiger partial charge in [0.25, 0.3) is 11.6 Å². The number of hydrogen-bond donors (Lipinski definition) is 0. The molecule has 1 unspecified atom stereocenters. The van der Waals surface area contributed by atoms with Crippen LogP contribution in [0.15, 0.2) is 59.1 Å². The van der Waals surface area contributed by atoms with Gasteiger partial charge >= 0.3 is 0 Å². The molecular formula is C23H24N4O4. The van der Waals surface area contributed by atoms with Crippen molar-refractivity contribution in [3.8, 4) is 0 Å². The zero-order valence-electron chi connectivity index (χ0n) is 17.1. The summed E-state index contributed by atoms with van der Waals surface area (Å²) in [6.07, 6.45) is 4.15. The van der Waals surface area contributed by atoms with Crippen LogP contribution in [0.5, 0.6) is 0 Å². The molecule has 5 rings (SSSR count). The van der Waals surface area contributed by atoms with E-state index in [0.29, 0.717) is 12.3 Å². The second-order valence-electron chi connectivity index (χ2n) is 8.11. The van der Waals surface area contributed by atoms with Crippen LogP contribution in [-0.4, -0.2) is 44.8 Å². The van der Waals surface area contributed by atoms with Gasteiger partial charge in [0.05, 0.1) is 17.5 Å². The zero-order valence-corrected chi connectivity index (χ0v) is 17.1. The smallest absolute Gasteiger partial charge is 0.289 e. The van der Waals surface area contributed by atoms with Crippen LogP contribution < -0.4 is 0 Å². The predicted octanol–water partition coefficient (Wildman–Crippen LogP) is 3.83. The van der Waals surface area contributed by atoms with Crippen LogP contribution >= 0.6 is 0 Å². The van der Waals surface area contributed by atoms with E-state index in [-0.39, 0.29) is 22.6 Å². The average Bonchev–Trinajstić information content (AvgIpc) is 3.54. The van der Waals surface area contributed by atoms with Crippen LogP contribution in [0.2, 0.25) is 0 Å². The Balaban J connectivity index is 1.40. The van der Waals surface area contributed by atoms with Gasteiger partial charge in [-0.05, 0) is 42.7 Å². The molecule has 160 valence electrons. The maximum Gasteiger partial charge on any atom is 0.289 e. The van der Waals surface area contributed by atoms with Crippen LogP contribution in [0.25, 0.3) is 0 Å². The molecular weight excluding hydrogens is 396 g/mol. The van der Waals surface area contributed by atoms with Crippen molar-refractivity contribution in [1.82, 2.24) is 14.4 Å². The number of benzene rings is 1. The lowest BCUT2D eigenvalue weighted by atomic mass is 9.99. The van der Waals surface area contributed by atoms with Gasteiger partial charge in [0.1, 0.15) is 5.76 Å². The fraction of sp³-hybridized carbons (Fsp3) is 0.348. The van der Waals surface area contributed by atoms with E-state index in [1.54, 1.807) is 18.2 Å². The predicted molar refractivity (Wildman–Crippen MR) is 114 cm³/mol. The first-order chi connectivity index (χ1) is 15.1. The summed E-state index contributed by atoms with van der Waals surface area (Å²) in [4.78, 5) is 27.4. The molecule has 2 aliphatic rings. The third-order valence-electron chi connectivity index (χ3n) is 6.18. The highest BCUT2D eigenvalue weighted by Gasteiger charge is 2.30. The molecule has 1 saturated heterocycles. The third-order valence-corrected chi connectivity index (χ3v) is 6.18. The number of carbonyl (C=O) groups excluding carboxylic acids is 1. The lowest BCUT2D eigenvalue weighted by Gasteiger charge is -2.36. The first-order valence-corrected chi connectivity index (χ1v) is 10.6. The van der Waals surface area contributed by atoms with Crippen molar-refractivity contribution in [3.05, 3.63) is 87.6 Å². The summed E-state index contributed by atoms with van der Waals surface area (Å²) >= 11 is 0. The summed E-state index contributed by atoms with van der Waals surface area (Å²) in [6, 6.07) is 14.5. The van der Waals surface area contributed by atoms with Gasteiger partial charge in [-0.25, -0.2) is 0 Å². The normalized spacial score (nSPS) is 18.8. The van der Waals surface area contributed by atoms with E-state index in [4.69, 9.17) is 4.42 Å². The molecule has 0 spiro atoms. The summed E-state index contributed by atoms with van der Waals surface area (Å²) in [5.74, 6) is 1.10. The number of fused-ring (bicyclic) bond motifs is 1. The van der Waals surface area contributed by atoms with Crippen molar-refractivity contribution >= 4 is 11.6 Å². The summed E-state index contributed by atoms with van der Waals surface area (Å²) in [7, 11) is 0. The molecule has 0 radical (unpaired) electrons. The van der Waals surface area contributed by atoms with E-state index in [2.05, 4.69) is 21.7 Å². The number of amides is 1. The lowest BCUT2D eigenvalue weighted by molar-refractivity contribution is -0.384. The van der Waals surface area contributed by atoms with E-state index in [1.807, 2.05) is 29.2 Å². The Kier molecular flexibility index (Phi) is 5.07. The van der Waals surface area contributed by atoms with Crippen LogP contribution in [0.4, 0.5) is 5.69 Å². The van der Waals surface area contributed by atoms with Crippen molar-refractivity contribution < 1.29 is 14.1 Å². The van der Waals surface area contributed by atoms with E-state index in [9.17, 15) is 14.9 Å². The SMILES string of the molecule is O=C(c1ccc(CN2CCn3cccc3C2c2ccc([N+](=O)[O-])cc2)o1)N1CCCC1. The Bertz CT molecular complexity index is 1090. The molecule has 0 aliphatic carbocycles. The van der Waals surface area contributed by atoms with Crippen LogP contribution in [0.3, 0.4) is 0 Å². The Hall–Kier alpha value is -3.39. The Morgan fingerprint density at radius 1 is 1.03 bits per heavy atom. The number of hydrogen-bond acceptors (Lipinski definition) is 5. The van der Waals surface area contributed by atoms with E-state index < -0.39 is 0 Å². The number of furan rings is 1. The minimum Gasteiger partial charge on any atom is -0.455 e. The quantitative estimate of drug-likeness (QED) is 0.463. The van der Waals surface area contributed by atoms with E-state index in [0.717, 1.165) is 56.0 Å². The minimum atomic E-state index is -0.382. The van der Waals surface area contributed by atoms with Crippen molar-refractivity contribution in [2.75, 3.05) is 19.6 Å². The maximum atomic E-state index is 12.6. The minimum absolute atomic E-state index is 0.0387. The van der Waals surface area contributed by atoms with E-state index in [1.165, 1.54) is 0 Å². The molecule has 31 heavy (non-hydrogen) atoms. The number of nitrogens with zero attached hydrogens (tertiary/aromatic N) is 4. The van der Waals surface area contributed by atoms with Gasteiger partial charge in [-0.3, -0.25) is 19.8 Å². The fourth-order valence-corrected chi connectivity index (χ4v) is 4.62. The highest BCUT2D eigenvalue weighted by molar-refractivity contribution is 5.91. The van der Waals surface area contributed by atoms with Gasteiger partial charge in [-0.15, -0.1) is 0 Å². The molecule has 2 aromatic heterocycles. The number of nitro groups is 1. The highest BCUT2D eigenvalue weighted by Crippen LogP contribution is 2.34. The Morgan fingerprint density at radius 2 is 1.81 bits per heavy atom. The van der Waals surface area contributed by atoms with Gasteiger partial charge in [0.2, 0.25) is 0 Å². The Labute approximate surface area is 179 Å². The molecule has 0 saturated carbocycles. The van der Waals surface area contributed by atoms with Gasteiger partial charge < -0.3 is 13.9 Å². The molecule has 0 bridgehead atoms. The molecule has 2 aliphatic heterocycles. The van der Waals surface area contributed by atoms with Gasteiger partial charge in [0, 0.05) is 50.2 Å². The first-order valence-electron chi connectivity index (χ1n) is 10.6. The average molecular weight is 420 g/mol. The molecule has 0 N–H and O–H groups in total. The fourth-order valence-electron chi connectivity index (χ4n) is 4.62. The van der Waals surface area contributed by atoms with Crippen LogP contribution in [0.1, 0.15) is 46.5 Å². The number of likely N-dealkylation sites (tertiary alicyclic amines) is 1. The Morgan fingerprint density at radius 3 is 2.55 bits per heavy atom. The van der Waals surface area contributed by atoms with Gasteiger partial charge in [-0.2, -0.15) is 0 Å². The maximum absolute atomic E-state index is 12.6. The molecule has 1 amide bonds. The van der Waals surface area contributed by atoms with Crippen molar-refractivity contribution in [3.63, 3.8) is 0 Å². The molecule has 4 heterocycles. The highest BCUT2D eigenvalue weighted by atomic mass is 16.6. The number of carbonyl (C=O) groups is 1. The molecule has 1 atom stereocenters. The first kappa shape index (κ1) is 19.6. The second-order valence-corrected chi connectivity index (χ2v) is 8.11. The second kappa shape index (κ2) is 8.03. The van der Waals surface area contributed by atoms with E-state index >= 15 is 0 Å². The number of non-ortho nitro benzene ring substituents is 1. The third kappa shape index (κ3) is 3.74. The van der Waals surface area contributed by atoms with Crippen molar-refractivity contribution in [2.45, 2.75) is 32.0 Å². The van der Waals surface area contributed by atoms with Gasteiger partial charge in [0.15, 0.2) is 5.76 Å².